The quantitative estimate of drug-likeness (QED) is 0.611. The lowest BCUT2D eigenvalue weighted by Gasteiger charge is -2.44. The van der Waals surface area contributed by atoms with Gasteiger partial charge in [-0.2, -0.15) is 0 Å². The van der Waals surface area contributed by atoms with Crippen LogP contribution in [0.2, 0.25) is 0 Å². The number of nitrogen functional groups attached to an aromatic ring is 1. The largest absolute Gasteiger partial charge is 0.506 e. The van der Waals surface area contributed by atoms with Crippen molar-refractivity contribution < 1.29 is 9.90 Å². The monoisotopic (exact) mass is 274 g/mol. The van der Waals surface area contributed by atoms with E-state index < -0.39 is 0 Å². The van der Waals surface area contributed by atoms with Crippen LogP contribution in [0.1, 0.15) is 48.9 Å². The number of likely N-dealkylation sites (tertiary alicyclic amines) is 1. The maximum absolute atomic E-state index is 12.7. The molecule has 3 rings (SSSR count). The second kappa shape index (κ2) is 5.35. The highest BCUT2D eigenvalue weighted by Crippen LogP contribution is 2.36. The van der Waals surface area contributed by atoms with E-state index in [9.17, 15) is 9.90 Å². The molecule has 4 nitrogen and oxygen atoms in total. The number of nitrogens with zero attached hydrogens (tertiary/aromatic N) is 1. The number of hydrogen-bond acceptors (Lipinski definition) is 3. The van der Waals surface area contributed by atoms with Crippen molar-refractivity contribution in [3.63, 3.8) is 0 Å². The van der Waals surface area contributed by atoms with Crippen LogP contribution in [0.3, 0.4) is 0 Å². The molecule has 1 saturated carbocycles. The van der Waals surface area contributed by atoms with E-state index >= 15 is 0 Å². The molecule has 1 aliphatic carbocycles. The topological polar surface area (TPSA) is 66.6 Å². The summed E-state index contributed by atoms with van der Waals surface area (Å²) in [6, 6.07) is 5.20. The van der Waals surface area contributed by atoms with Crippen molar-refractivity contribution in [1.82, 2.24) is 4.90 Å². The number of carbonyl (C=O) groups excluding carboxylic acids is 1. The zero-order valence-electron chi connectivity index (χ0n) is 11.7. The van der Waals surface area contributed by atoms with Gasteiger partial charge in [0.1, 0.15) is 5.75 Å². The number of nitrogens with two attached hydrogens (primary N) is 1. The smallest absolute Gasteiger partial charge is 0.254 e. The maximum atomic E-state index is 12.7. The number of anilines is 1. The SMILES string of the molecule is Nc1ccc(C(=O)N2CCCC3CCCCC32)cc1O. The molecule has 1 heterocycles. The van der Waals surface area contributed by atoms with Crippen LogP contribution in [0.25, 0.3) is 0 Å². The van der Waals surface area contributed by atoms with E-state index in [1.165, 1.54) is 31.7 Å². The summed E-state index contributed by atoms with van der Waals surface area (Å²) in [4.78, 5) is 14.7. The molecule has 0 radical (unpaired) electrons. The van der Waals surface area contributed by atoms with Crippen LogP contribution in [-0.2, 0) is 0 Å². The van der Waals surface area contributed by atoms with Gasteiger partial charge in [0.15, 0.2) is 0 Å². The van der Waals surface area contributed by atoms with Crippen molar-refractivity contribution in [2.75, 3.05) is 12.3 Å². The van der Waals surface area contributed by atoms with E-state index in [4.69, 9.17) is 5.73 Å². The molecule has 20 heavy (non-hydrogen) atoms. The van der Waals surface area contributed by atoms with E-state index in [1.54, 1.807) is 12.1 Å². The van der Waals surface area contributed by atoms with Crippen LogP contribution in [0.15, 0.2) is 18.2 Å². The third-order valence-electron chi connectivity index (χ3n) is 4.78. The molecule has 1 aliphatic heterocycles. The summed E-state index contributed by atoms with van der Waals surface area (Å²) < 4.78 is 0. The average Bonchev–Trinajstić information content (AvgIpc) is 2.49. The van der Waals surface area contributed by atoms with Crippen LogP contribution in [0.4, 0.5) is 5.69 Å². The number of amides is 1. The van der Waals surface area contributed by atoms with E-state index in [0.29, 0.717) is 23.2 Å². The van der Waals surface area contributed by atoms with Crippen molar-refractivity contribution in [2.24, 2.45) is 5.92 Å². The van der Waals surface area contributed by atoms with Crippen LogP contribution < -0.4 is 5.73 Å². The standard InChI is InChI=1S/C16H22N2O2/c17-13-8-7-12(10-15(13)19)16(20)18-9-3-5-11-4-1-2-6-14(11)18/h7-8,10-11,14,19H,1-6,9,17H2. The van der Waals surface area contributed by atoms with Crippen LogP contribution in [-0.4, -0.2) is 28.5 Å². The summed E-state index contributed by atoms with van der Waals surface area (Å²) >= 11 is 0. The number of aromatic hydroxyl groups is 1. The predicted octanol–water partition coefficient (Wildman–Crippen LogP) is 2.77. The molecule has 0 aromatic heterocycles. The van der Waals surface area contributed by atoms with Crippen molar-refractivity contribution in [3.8, 4) is 5.75 Å². The lowest BCUT2D eigenvalue weighted by molar-refractivity contribution is 0.0390. The van der Waals surface area contributed by atoms with Gasteiger partial charge in [0.2, 0.25) is 0 Å². The van der Waals surface area contributed by atoms with Gasteiger partial charge in [0, 0.05) is 18.2 Å². The van der Waals surface area contributed by atoms with E-state index in [0.717, 1.165) is 19.4 Å². The number of phenols is 1. The van der Waals surface area contributed by atoms with Crippen molar-refractivity contribution in [1.29, 1.82) is 0 Å². The molecule has 1 aromatic carbocycles. The number of rotatable bonds is 1. The highest BCUT2D eigenvalue weighted by atomic mass is 16.3. The van der Waals surface area contributed by atoms with Gasteiger partial charge in [-0.05, 0) is 49.8 Å². The molecular weight excluding hydrogens is 252 g/mol. The Morgan fingerprint density at radius 3 is 2.75 bits per heavy atom. The normalized spacial score (nSPS) is 26.1. The molecule has 1 aromatic rings. The predicted molar refractivity (Wildman–Crippen MR) is 78.5 cm³/mol. The van der Waals surface area contributed by atoms with Gasteiger partial charge in [-0.15, -0.1) is 0 Å². The summed E-state index contributed by atoms with van der Waals surface area (Å²) in [5.74, 6) is 0.703. The molecule has 108 valence electrons. The van der Waals surface area contributed by atoms with Crippen LogP contribution in [0.5, 0.6) is 5.75 Å². The van der Waals surface area contributed by atoms with Gasteiger partial charge >= 0.3 is 0 Å². The Hall–Kier alpha value is -1.71. The number of fused-ring (bicyclic) bond motifs is 1. The molecule has 0 spiro atoms. The fourth-order valence-electron chi connectivity index (χ4n) is 3.72. The Labute approximate surface area is 119 Å². The highest BCUT2D eigenvalue weighted by Gasteiger charge is 2.35. The van der Waals surface area contributed by atoms with Gasteiger partial charge in [0.25, 0.3) is 5.91 Å². The number of carbonyl (C=O) groups is 1. The summed E-state index contributed by atoms with van der Waals surface area (Å²) in [5, 5.41) is 9.68. The Morgan fingerprint density at radius 1 is 1.20 bits per heavy atom. The molecule has 3 N–H and O–H groups in total. The minimum atomic E-state index is -0.00643. The number of benzene rings is 1. The Morgan fingerprint density at radius 2 is 1.95 bits per heavy atom. The summed E-state index contributed by atoms with van der Waals surface area (Å²) in [7, 11) is 0. The second-order valence-electron chi connectivity index (χ2n) is 6.03. The van der Waals surface area contributed by atoms with Crippen LogP contribution in [0, 0.1) is 5.92 Å². The zero-order chi connectivity index (χ0) is 14.1. The molecule has 1 amide bonds. The van der Waals surface area contributed by atoms with Gasteiger partial charge in [-0.3, -0.25) is 4.79 Å². The van der Waals surface area contributed by atoms with Gasteiger partial charge < -0.3 is 15.7 Å². The van der Waals surface area contributed by atoms with Gasteiger partial charge in [-0.1, -0.05) is 12.8 Å². The first-order chi connectivity index (χ1) is 9.66. The third-order valence-corrected chi connectivity index (χ3v) is 4.78. The lowest BCUT2D eigenvalue weighted by Crippen LogP contribution is -2.49. The molecule has 2 fully saturated rings. The fourth-order valence-corrected chi connectivity index (χ4v) is 3.72. The van der Waals surface area contributed by atoms with Crippen molar-refractivity contribution in [3.05, 3.63) is 23.8 Å². The average molecular weight is 274 g/mol. The van der Waals surface area contributed by atoms with E-state index in [-0.39, 0.29) is 11.7 Å². The Bertz CT molecular complexity index is 513. The molecule has 0 bridgehead atoms. The summed E-state index contributed by atoms with van der Waals surface area (Å²) in [6.07, 6.45) is 7.23. The minimum absolute atomic E-state index is 0.00643. The third kappa shape index (κ3) is 2.35. The van der Waals surface area contributed by atoms with Gasteiger partial charge in [-0.25, -0.2) is 0 Å². The van der Waals surface area contributed by atoms with Gasteiger partial charge in [0.05, 0.1) is 5.69 Å². The number of hydrogen-bond donors (Lipinski definition) is 2. The van der Waals surface area contributed by atoms with E-state index in [2.05, 4.69) is 0 Å². The number of phenolic OH excluding ortho intramolecular Hbond substituents is 1. The number of piperidine rings is 1. The highest BCUT2D eigenvalue weighted by molar-refractivity contribution is 5.95. The van der Waals surface area contributed by atoms with Crippen LogP contribution >= 0.6 is 0 Å². The minimum Gasteiger partial charge on any atom is -0.506 e. The Balaban J connectivity index is 1.83. The Kier molecular flexibility index (Phi) is 3.55. The van der Waals surface area contributed by atoms with Crippen molar-refractivity contribution >= 4 is 11.6 Å². The lowest BCUT2D eigenvalue weighted by atomic mass is 9.78. The second-order valence-corrected chi connectivity index (χ2v) is 6.03. The first-order valence-electron chi connectivity index (χ1n) is 7.56. The molecule has 4 heteroatoms. The molecule has 1 saturated heterocycles. The molecular formula is C16H22N2O2. The first-order valence-corrected chi connectivity index (χ1v) is 7.56. The zero-order valence-corrected chi connectivity index (χ0v) is 11.7. The molecule has 2 atom stereocenters. The molecule has 2 aliphatic rings. The maximum Gasteiger partial charge on any atom is 0.254 e. The van der Waals surface area contributed by atoms with Crippen molar-refractivity contribution in [2.45, 2.75) is 44.6 Å². The first kappa shape index (κ1) is 13.3. The summed E-state index contributed by atoms with van der Waals surface area (Å²) in [5.41, 5.74) is 6.46. The van der Waals surface area contributed by atoms with E-state index in [1.807, 2.05) is 4.90 Å². The fraction of sp³-hybridized carbons (Fsp3) is 0.562. The molecule has 2 unspecified atom stereocenters. The summed E-state index contributed by atoms with van der Waals surface area (Å²) in [6.45, 7) is 0.838.